The van der Waals surface area contributed by atoms with Gasteiger partial charge in [0.25, 0.3) is 0 Å². The highest BCUT2D eigenvalue weighted by Gasteiger charge is 2.16. The molecule has 14 heavy (non-hydrogen) atoms. The van der Waals surface area contributed by atoms with Gasteiger partial charge in [0.2, 0.25) is 8.32 Å². The molecule has 0 radical (unpaired) electrons. The van der Waals surface area contributed by atoms with Crippen molar-refractivity contribution in [3.8, 4) is 0 Å². The number of ether oxygens (including phenoxy) is 1. The maximum Gasteiger partial charge on any atom is 0.334 e. The van der Waals surface area contributed by atoms with Crippen LogP contribution in [0.5, 0.6) is 0 Å². The normalized spacial score (nSPS) is 12.1. The summed E-state index contributed by atoms with van der Waals surface area (Å²) >= 11 is 0. The molecule has 0 aliphatic rings. The highest BCUT2D eigenvalue weighted by Crippen LogP contribution is 2.09. The monoisotopic (exact) mass is 214 g/mol. The van der Waals surface area contributed by atoms with Gasteiger partial charge in [-0.2, -0.15) is 0 Å². The molecule has 0 aliphatic carbocycles. The molecule has 3 nitrogen and oxygen atoms in total. The van der Waals surface area contributed by atoms with Crippen molar-refractivity contribution in [3.63, 3.8) is 0 Å². The van der Waals surface area contributed by atoms with E-state index in [1.54, 1.807) is 6.92 Å². The molecule has 0 N–H and O–H groups in total. The van der Waals surface area contributed by atoms with Crippen LogP contribution in [0, 0.1) is 0 Å². The van der Waals surface area contributed by atoms with E-state index < -0.39 is 8.32 Å². The molecule has 0 unspecified atom stereocenters. The van der Waals surface area contributed by atoms with Crippen LogP contribution >= 0.6 is 0 Å². The fourth-order valence-electron chi connectivity index (χ4n) is 0.861. The van der Waals surface area contributed by atoms with Crippen molar-refractivity contribution in [3.05, 3.63) is 24.5 Å². The number of rotatable bonds is 5. The molecule has 0 aromatic heterocycles. The van der Waals surface area contributed by atoms with E-state index in [-0.39, 0.29) is 12.6 Å². The van der Waals surface area contributed by atoms with Crippen LogP contribution in [-0.4, -0.2) is 20.9 Å². The third-order valence-electron chi connectivity index (χ3n) is 1.13. The molecule has 0 amide bonds. The third-order valence-corrected chi connectivity index (χ3v) is 2.07. The first-order chi connectivity index (χ1) is 6.35. The maximum absolute atomic E-state index is 11.1. The van der Waals surface area contributed by atoms with Gasteiger partial charge < -0.3 is 9.16 Å². The maximum atomic E-state index is 11.1. The predicted octanol–water partition coefficient (Wildman–Crippen LogP) is 2.47. The molecule has 0 heterocycles. The second-order valence-corrected chi connectivity index (χ2v) is 8.32. The largest absolute Gasteiger partial charge is 0.547 e. The number of carbonyl (C=O) groups is 1. The fraction of sp³-hybridized carbons (Fsp3) is 0.500. The van der Waals surface area contributed by atoms with Gasteiger partial charge in [-0.25, -0.2) is 4.79 Å². The van der Waals surface area contributed by atoms with E-state index >= 15 is 0 Å². The molecule has 0 spiro atoms. The Morgan fingerprint density at radius 2 is 2.00 bits per heavy atom. The number of hydrogen-bond donors (Lipinski definition) is 0. The van der Waals surface area contributed by atoms with Crippen LogP contribution in [0.1, 0.15) is 6.92 Å². The predicted molar refractivity (Wildman–Crippen MR) is 59.3 cm³/mol. The Morgan fingerprint density at radius 3 is 2.43 bits per heavy atom. The summed E-state index contributed by atoms with van der Waals surface area (Å²) in [5.41, 5.74) is 0. The summed E-state index contributed by atoms with van der Waals surface area (Å²) in [4.78, 5) is 11.1. The van der Waals surface area contributed by atoms with Crippen LogP contribution < -0.4 is 0 Å². The molecular formula is C10H18O3Si. The standard InChI is InChI=1S/C10H18O3Si/c1-6-7-12-10(11)8-9(2)13-14(3,4)5/h6,8H,1,7H2,2-5H3/b9-8-. The third kappa shape index (κ3) is 7.61. The second-order valence-electron chi connectivity index (χ2n) is 3.89. The van der Waals surface area contributed by atoms with Gasteiger partial charge in [-0.15, -0.1) is 0 Å². The van der Waals surface area contributed by atoms with Crippen molar-refractivity contribution in [2.24, 2.45) is 0 Å². The first-order valence-corrected chi connectivity index (χ1v) is 7.91. The minimum atomic E-state index is -1.61. The van der Waals surface area contributed by atoms with E-state index in [2.05, 4.69) is 26.2 Å². The topological polar surface area (TPSA) is 35.5 Å². The number of esters is 1. The van der Waals surface area contributed by atoms with Gasteiger partial charge >= 0.3 is 5.97 Å². The first kappa shape index (κ1) is 13.0. The van der Waals surface area contributed by atoms with Gasteiger partial charge in [-0.05, 0) is 26.6 Å². The number of allylic oxidation sites excluding steroid dienone is 1. The highest BCUT2D eigenvalue weighted by atomic mass is 28.4. The molecule has 0 fully saturated rings. The Morgan fingerprint density at radius 1 is 1.43 bits per heavy atom. The van der Waals surface area contributed by atoms with Crippen LogP contribution in [0.2, 0.25) is 19.6 Å². The van der Waals surface area contributed by atoms with Gasteiger partial charge in [-0.3, -0.25) is 0 Å². The Bertz CT molecular complexity index is 238. The molecule has 0 bridgehead atoms. The van der Waals surface area contributed by atoms with Crippen molar-refractivity contribution in [1.29, 1.82) is 0 Å². The van der Waals surface area contributed by atoms with Crippen LogP contribution in [0.25, 0.3) is 0 Å². The minimum absolute atomic E-state index is 0.232. The van der Waals surface area contributed by atoms with Crippen LogP contribution in [0.4, 0.5) is 0 Å². The SMILES string of the molecule is C=CCOC(=O)/C=C(/C)O[Si](C)(C)C. The quantitative estimate of drug-likeness (QED) is 0.232. The van der Waals surface area contributed by atoms with Crippen molar-refractivity contribution in [2.45, 2.75) is 26.6 Å². The Hall–Kier alpha value is -1.03. The first-order valence-electron chi connectivity index (χ1n) is 4.50. The Kier molecular flexibility index (Phi) is 5.23. The molecule has 0 aromatic carbocycles. The zero-order valence-corrected chi connectivity index (χ0v) is 10.3. The number of carbonyl (C=O) groups excluding carboxylic acids is 1. The Balaban J connectivity index is 4.09. The van der Waals surface area contributed by atoms with Crippen molar-refractivity contribution < 1.29 is 14.0 Å². The summed E-state index contributed by atoms with van der Waals surface area (Å²) in [5, 5.41) is 0. The van der Waals surface area contributed by atoms with E-state index in [1.807, 2.05) is 0 Å². The van der Waals surface area contributed by atoms with Gasteiger partial charge in [0, 0.05) is 0 Å². The lowest BCUT2D eigenvalue weighted by Crippen LogP contribution is -2.24. The van der Waals surface area contributed by atoms with E-state index in [4.69, 9.17) is 9.16 Å². The van der Waals surface area contributed by atoms with Crippen LogP contribution in [0.3, 0.4) is 0 Å². The zero-order chi connectivity index (χ0) is 11.2. The molecule has 0 atom stereocenters. The fourth-order valence-corrected chi connectivity index (χ4v) is 1.89. The van der Waals surface area contributed by atoms with Gasteiger partial charge in [0.1, 0.15) is 6.61 Å². The summed E-state index contributed by atoms with van der Waals surface area (Å²) in [5.74, 6) is 0.221. The van der Waals surface area contributed by atoms with Crippen molar-refractivity contribution >= 4 is 14.3 Å². The Labute approximate surface area is 86.5 Å². The lowest BCUT2D eigenvalue weighted by atomic mass is 10.5. The molecule has 80 valence electrons. The lowest BCUT2D eigenvalue weighted by Gasteiger charge is -2.19. The number of hydrogen-bond acceptors (Lipinski definition) is 3. The van der Waals surface area contributed by atoms with Crippen LogP contribution in [0.15, 0.2) is 24.5 Å². The summed E-state index contributed by atoms with van der Waals surface area (Å²) < 4.78 is 10.3. The smallest absolute Gasteiger partial charge is 0.334 e. The summed E-state index contributed by atoms with van der Waals surface area (Å²) in [7, 11) is -1.61. The van der Waals surface area contributed by atoms with Crippen molar-refractivity contribution in [2.75, 3.05) is 6.61 Å². The van der Waals surface area contributed by atoms with Gasteiger partial charge in [-0.1, -0.05) is 12.7 Å². The van der Waals surface area contributed by atoms with Crippen molar-refractivity contribution in [1.82, 2.24) is 0 Å². The van der Waals surface area contributed by atoms with E-state index in [9.17, 15) is 4.79 Å². The molecule has 0 aromatic rings. The molecule has 0 saturated carbocycles. The van der Waals surface area contributed by atoms with E-state index in [0.717, 1.165) is 0 Å². The molecule has 0 saturated heterocycles. The summed E-state index contributed by atoms with van der Waals surface area (Å²) in [6.07, 6.45) is 2.89. The lowest BCUT2D eigenvalue weighted by molar-refractivity contribution is -0.136. The summed E-state index contributed by atoms with van der Waals surface area (Å²) in [6.45, 7) is 11.6. The van der Waals surface area contributed by atoms with Gasteiger partial charge in [0.05, 0.1) is 11.8 Å². The molecule has 0 rings (SSSR count). The summed E-state index contributed by atoms with van der Waals surface area (Å²) in [6, 6.07) is 0. The van der Waals surface area contributed by atoms with Crippen LogP contribution in [-0.2, 0) is 14.0 Å². The van der Waals surface area contributed by atoms with Gasteiger partial charge in [0.15, 0.2) is 0 Å². The minimum Gasteiger partial charge on any atom is -0.547 e. The van der Waals surface area contributed by atoms with E-state index in [0.29, 0.717) is 5.76 Å². The average Bonchev–Trinajstić information content (AvgIpc) is 1.96. The zero-order valence-electron chi connectivity index (χ0n) is 9.29. The molecular weight excluding hydrogens is 196 g/mol. The second kappa shape index (κ2) is 5.65. The molecule has 0 aliphatic heterocycles. The average molecular weight is 214 g/mol. The van der Waals surface area contributed by atoms with E-state index in [1.165, 1.54) is 12.2 Å². The molecule has 4 heteroatoms. The highest BCUT2D eigenvalue weighted by molar-refractivity contribution is 6.70.